The van der Waals surface area contributed by atoms with Crippen LogP contribution in [0.4, 0.5) is 0 Å². The molecule has 7 nitrogen and oxygen atoms in total. The number of ether oxygens (including phenoxy) is 1. The fraction of sp³-hybridized carbons (Fsp3) is 0.435. The van der Waals surface area contributed by atoms with Crippen molar-refractivity contribution in [2.24, 2.45) is 11.3 Å². The normalized spacial score (nSPS) is 16.0. The molecule has 1 N–H and O–H groups in total. The van der Waals surface area contributed by atoms with Crippen molar-refractivity contribution >= 4 is 29.7 Å². The van der Waals surface area contributed by atoms with Gasteiger partial charge in [-0.3, -0.25) is 0 Å². The molecule has 2 aliphatic rings. The Morgan fingerprint density at radius 3 is 2.07 bits per heavy atom. The number of nitrogens with zero attached hydrogens (tertiary/aromatic N) is 3. The number of aromatic nitrogens is 1. The van der Waals surface area contributed by atoms with Crippen LogP contribution in [-0.2, 0) is 17.5 Å². The minimum Gasteiger partial charge on any atom is -0.488 e. The summed E-state index contributed by atoms with van der Waals surface area (Å²) in [5.74, 6) is 1.50. The van der Waals surface area contributed by atoms with Gasteiger partial charge < -0.3 is 23.9 Å². The van der Waals surface area contributed by atoms with Gasteiger partial charge in [0, 0.05) is 29.5 Å². The van der Waals surface area contributed by atoms with E-state index in [1.807, 2.05) is 51.4 Å². The molecule has 0 bridgehead atoms. The van der Waals surface area contributed by atoms with Crippen LogP contribution in [0.2, 0.25) is 5.04 Å². The number of likely N-dealkylation sites (tertiary alicyclic amines) is 1. The van der Waals surface area contributed by atoms with Crippen LogP contribution in [0.3, 0.4) is 0 Å². The zero-order valence-electron chi connectivity index (χ0n) is 33.2. The summed E-state index contributed by atoms with van der Waals surface area (Å²) in [6.45, 7) is 13.9. The van der Waals surface area contributed by atoms with Crippen LogP contribution in [0.5, 0.6) is 5.75 Å². The molecular formula is C46H58N4O3Si. The minimum atomic E-state index is -2.53. The van der Waals surface area contributed by atoms with Crippen molar-refractivity contribution in [2.75, 3.05) is 40.3 Å². The predicted octanol–water partition coefficient (Wildman–Crippen LogP) is 8.42. The Morgan fingerprint density at radius 2 is 1.52 bits per heavy atom. The molecule has 8 heteroatoms. The molecular weight excluding hydrogens is 685 g/mol. The third-order valence-electron chi connectivity index (χ3n) is 11.4. The van der Waals surface area contributed by atoms with E-state index >= 15 is 0 Å². The van der Waals surface area contributed by atoms with Gasteiger partial charge in [-0.2, -0.15) is 5.26 Å². The van der Waals surface area contributed by atoms with E-state index in [1.165, 1.54) is 36.1 Å². The van der Waals surface area contributed by atoms with Crippen molar-refractivity contribution < 1.29 is 13.7 Å². The van der Waals surface area contributed by atoms with Gasteiger partial charge in [0.05, 0.1) is 17.3 Å². The number of nitriles is 1. The van der Waals surface area contributed by atoms with Crippen LogP contribution < -0.4 is 20.4 Å². The lowest BCUT2D eigenvalue weighted by Crippen LogP contribution is -2.67. The molecule has 54 heavy (non-hydrogen) atoms. The van der Waals surface area contributed by atoms with Crippen molar-refractivity contribution in [1.29, 1.82) is 5.26 Å². The molecule has 284 valence electrons. The zero-order valence-corrected chi connectivity index (χ0v) is 34.2. The first-order valence-corrected chi connectivity index (χ1v) is 21.6. The number of nitrogens with one attached hydrogen (secondary N) is 1. The number of benzene rings is 4. The van der Waals surface area contributed by atoms with Crippen molar-refractivity contribution in [2.45, 2.75) is 77.9 Å². The lowest BCUT2D eigenvalue weighted by molar-refractivity contribution is 0.119. The first-order valence-electron chi connectivity index (χ1n) is 19.7. The fourth-order valence-corrected chi connectivity index (χ4v) is 12.8. The minimum absolute atomic E-state index is 0.00121. The Labute approximate surface area is 323 Å². The Morgan fingerprint density at radius 1 is 0.907 bits per heavy atom. The molecule has 5 aromatic rings. The number of aryl methyl sites for hydroxylation is 2. The van der Waals surface area contributed by atoms with Crippen molar-refractivity contribution in [3.05, 3.63) is 119 Å². The van der Waals surface area contributed by atoms with Crippen molar-refractivity contribution in [3.8, 4) is 11.8 Å². The number of piperidine rings is 1. The maximum atomic E-state index is 9.05. The molecule has 2 fully saturated rings. The lowest BCUT2D eigenvalue weighted by atomic mass is 9.90. The molecule has 2 heterocycles. The van der Waals surface area contributed by atoms with Crippen LogP contribution in [0.1, 0.15) is 75.3 Å². The van der Waals surface area contributed by atoms with Crippen LogP contribution >= 0.6 is 0 Å². The van der Waals surface area contributed by atoms with Crippen molar-refractivity contribution in [3.63, 3.8) is 0 Å². The number of hydrogen-bond donors (Lipinski definition) is 1. The van der Waals surface area contributed by atoms with Gasteiger partial charge in [0.15, 0.2) is 5.58 Å². The predicted molar refractivity (Wildman–Crippen MR) is 222 cm³/mol. The molecule has 4 aromatic carbocycles. The molecule has 1 aliphatic heterocycles. The summed E-state index contributed by atoms with van der Waals surface area (Å²) in [5, 5.41) is 20.1. The Hall–Kier alpha value is -4.26. The van der Waals surface area contributed by atoms with Gasteiger partial charge in [0.25, 0.3) is 8.32 Å². The molecule has 1 saturated carbocycles. The molecule has 1 aromatic heterocycles. The summed E-state index contributed by atoms with van der Waals surface area (Å²) in [7, 11) is 1.22. The topological polar surface area (TPSA) is 83.5 Å². The van der Waals surface area contributed by atoms with Gasteiger partial charge in [0.2, 0.25) is 0 Å². The van der Waals surface area contributed by atoms with Gasteiger partial charge in [0.1, 0.15) is 12.4 Å². The van der Waals surface area contributed by atoms with E-state index in [4.69, 9.17) is 18.9 Å². The Bertz CT molecular complexity index is 1930. The molecule has 0 unspecified atom stereocenters. The van der Waals surface area contributed by atoms with E-state index in [1.54, 1.807) is 0 Å². The molecule has 1 saturated heterocycles. The van der Waals surface area contributed by atoms with E-state index in [0.29, 0.717) is 18.1 Å². The number of rotatable bonds is 13. The highest BCUT2D eigenvalue weighted by atomic mass is 28.4. The highest BCUT2D eigenvalue weighted by molar-refractivity contribution is 6.99. The monoisotopic (exact) mass is 742 g/mol. The van der Waals surface area contributed by atoms with Gasteiger partial charge in [-0.15, -0.1) is 0 Å². The first-order chi connectivity index (χ1) is 26.1. The SMILES string of the molecule is CNC.Cc1c(OCc2ccc(C#N)cc2)ccc2c(CCC3CCN(CC4(CO[Si](c5ccccc5)(c5ccccc5)C(C)(C)C)CC4)CC3)noc12. The molecule has 7 rings (SSSR count). The summed E-state index contributed by atoms with van der Waals surface area (Å²) in [6.07, 6.45) is 7.03. The van der Waals surface area contributed by atoms with Crippen LogP contribution in [0, 0.1) is 29.6 Å². The summed E-state index contributed by atoms with van der Waals surface area (Å²) >= 11 is 0. The Balaban J connectivity index is 0.00000160. The molecule has 0 radical (unpaired) electrons. The summed E-state index contributed by atoms with van der Waals surface area (Å²) < 4.78 is 19.4. The summed E-state index contributed by atoms with van der Waals surface area (Å²) in [4.78, 5) is 2.71. The van der Waals surface area contributed by atoms with Gasteiger partial charge >= 0.3 is 0 Å². The number of hydrogen-bond acceptors (Lipinski definition) is 7. The smallest absolute Gasteiger partial charge is 0.261 e. The van der Waals surface area contributed by atoms with Crippen LogP contribution in [-0.4, -0.2) is 58.7 Å². The van der Waals surface area contributed by atoms with E-state index in [9.17, 15) is 0 Å². The lowest BCUT2D eigenvalue weighted by Gasteiger charge is -2.44. The molecule has 0 atom stereocenters. The summed E-state index contributed by atoms with van der Waals surface area (Å²) in [5.41, 5.74) is 4.77. The quantitative estimate of drug-likeness (QED) is 0.121. The van der Waals surface area contributed by atoms with Gasteiger partial charge in [-0.25, -0.2) is 0 Å². The van der Waals surface area contributed by atoms with E-state index in [0.717, 1.165) is 72.6 Å². The second-order valence-electron chi connectivity index (χ2n) is 16.5. The largest absolute Gasteiger partial charge is 0.488 e. The average molecular weight is 743 g/mol. The Kier molecular flexibility index (Phi) is 12.8. The maximum absolute atomic E-state index is 9.05. The second kappa shape index (κ2) is 17.5. The highest BCUT2D eigenvalue weighted by Gasteiger charge is 2.53. The van der Waals surface area contributed by atoms with E-state index < -0.39 is 8.32 Å². The van der Waals surface area contributed by atoms with Gasteiger partial charge in [-0.1, -0.05) is 98.7 Å². The third kappa shape index (κ3) is 8.98. The standard InChI is InChI=1S/C44H51N3O3Si.C2H7N/c1-33-41(48-30-36-17-15-35(29-45)16-18-36)22-20-39-40(46-50-42(33)39)21-19-34-23-27-47(28-24-34)31-44(25-26-44)32-49-51(43(2,3)4,37-11-7-5-8-12-37)38-13-9-6-10-14-38;1-3-2/h5-18,20,22,34H,19,21,23-28,30-32H2,1-4H3;3H,1-2H3. The zero-order chi connectivity index (χ0) is 38.2. The van der Waals surface area contributed by atoms with Crippen molar-refractivity contribution in [1.82, 2.24) is 15.4 Å². The van der Waals surface area contributed by atoms with Crippen LogP contribution in [0.15, 0.2) is 102 Å². The molecule has 0 amide bonds. The maximum Gasteiger partial charge on any atom is 0.261 e. The third-order valence-corrected chi connectivity index (χ3v) is 16.4. The van der Waals surface area contributed by atoms with E-state index in [2.05, 4.69) is 109 Å². The number of fused-ring (bicyclic) bond motifs is 1. The average Bonchev–Trinajstić information content (AvgIpc) is 3.82. The van der Waals surface area contributed by atoms with E-state index in [-0.39, 0.29) is 10.5 Å². The first kappa shape index (κ1) is 39.4. The molecule has 1 aliphatic carbocycles. The fourth-order valence-electron chi connectivity index (χ4n) is 8.14. The van der Waals surface area contributed by atoms with Gasteiger partial charge in [-0.05, 0) is 124 Å². The second-order valence-corrected chi connectivity index (χ2v) is 20.8. The van der Waals surface area contributed by atoms with Crippen LogP contribution in [0.25, 0.3) is 11.0 Å². The molecule has 0 spiro atoms. The summed E-state index contributed by atoms with van der Waals surface area (Å²) in [6, 6.07) is 35.9. The highest BCUT2D eigenvalue weighted by Crippen LogP contribution is 2.49.